The van der Waals surface area contributed by atoms with Crippen molar-refractivity contribution in [2.75, 3.05) is 34.0 Å². The van der Waals surface area contributed by atoms with Gasteiger partial charge in [0.2, 0.25) is 18.4 Å². The first kappa shape index (κ1) is 22.7. The van der Waals surface area contributed by atoms with Gasteiger partial charge in [-0.05, 0) is 44.2 Å². The number of fused-ring (bicyclic) bond motifs is 2. The van der Waals surface area contributed by atoms with Gasteiger partial charge in [0.1, 0.15) is 5.56 Å². The lowest BCUT2D eigenvalue weighted by Crippen LogP contribution is -2.34. The van der Waals surface area contributed by atoms with Gasteiger partial charge in [0.15, 0.2) is 11.5 Å². The van der Waals surface area contributed by atoms with Gasteiger partial charge in [-0.25, -0.2) is 9.36 Å². The number of aromatic hydroxyl groups is 1. The molecule has 1 atom stereocenters. The topological polar surface area (TPSA) is 118 Å². The molecule has 0 fully saturated rings. The Hall–Kier alpha value is -4.05. The zero-order valence-corrected chi connectivity index (χ0v) is 19.7. The van der Waals surface area contributed by atoms with Gasteiger partial charge in [0.05, 0.1) is 25.4 Å². The molecule has 0 unspecified atom stereocenters. The first-order chi connectivity index (χ1) is 16.9. The number of hydrogen-bond donors (Lipinski definition) is 2. The summed E-state index contributed by atoms with van der Waals surface area (Å²) in [7, 11) is 3.59. The molecule has 0 aliphatic carbocycles. The van der Waals surface area contributed by atoms with E-state index in [2.05, 4.69) is 14.9 Å². The van der Waals surface area contributed by atoms with Gasteiger partial charge in [0.25, 0.3) is 5.56 Å². The maximum Gasteiger partial charge on any atom is 0.335 e. The third-order valence-electron chi connectivity index (χ3n) is 6.46. The van der Waals surface area contributed by atoms with E-state index in [1.54, 1.807) is 19.2 Å². The minimum Gasteiger partial charge on any atom is -0.493 e. The normalized spacial score (nSPS) is 17.1. The molecular weight excluding hydrogens is 452 g/mol. The number of nitrogens with one attached hydrogen (secondary N) is 1. The van der Waals surface area contributed by atoms with Crippen LogP contribution in [0, 0.1) is 6.92 Å². The van der Waals surface area contributed by atoms with Gasteiger partial charge in [-0.2, -0.15) is 0 Å². The fourth-order valence-electron chi connectivity index (χ4n) is 4.59. The van der Waals surface area contributed by atoms with E-state index in [4.69, 9.17) is 14.2 Å². The number of aliphatic imine (C=N–C) groups is 1. The first-order valence-corrected chi connectivity index (χ1v) is 11.2. The molecule has 0 amide bonds. The average molecular weight is 479 g/mol. The fraction of sp³-hybridized carbons (Fsp3) is 0.320. The van der Waals surface area contributed by atoms with Crippen molar-refractivity contribution in [1.29, 1.82) is 0 Å². The highest BCUT2D eigenvalue weighted by molar-refractivity contribution is 5.82. The SMILES string of the molecule is COc1c2c(cc3c1[C@@H](CN=Cc1c(O)n(-c4ccc(C)cc4)c(=O)[nH]c1=O)N(C)CC3)OCO2. The highest BCUT2D eigenvalue weighted by Crippen LogP contribution is 2.49. The third kappa shape index (κ3) is 3.95. The molecule has 10 heteroatoms. The van der Waals surface area contributed by atoms with Crippen LogP contribution in [0.5, 0.6) is 23.1 Å². The highest BCUT2D eigenvalue weighted by Gasteiger charge is 2.33. The molecule has 2 aliphatic rings. The van der Waals surface area contributed by atoms with Crippen LogP contribution in [0.4, 0.5) is 0 Å². The Morgan fingerprint density at radius 3 is 2.77 bits per heavy atom. The summed E-state index contributed by atoms with van der Waals surface area (Å²) < 4.78 is 17.9. The van der Waals surface area contributed by atoms with Crippen molar-refractivity contribution in [3.8, 4) is 28.8 Å². The van der Waals surface area contributed by atoms with Gasteiger partial charge >= 0.3 is 5.69 Å². The van der Waals surface area contributed by atoms with Crippen LogP contribution in [-0.4, -0.2) is 59.8 Å². The molecule has 35 heavy (non-hydrogen) atoms. The molecule has 2 N–H and O–H groups in total. The van der Waals surface area contributed by atoms with Crippen molar-refractivity contribution in [2.24, 2.45) is 4.99 Å². The second-order valence-corrected chi connectivity index (χ2v) is 8.62. The number of aromatic amines is 1. The number of benzene rings is 2. The minimum atomic E-state index is -0.727. The molecule has 10 nitrogen and oxygen atoms in total. The maximum atomic E-state index is 12.5. The van der Waals surface area contributed by atoms with Crippen molar-refractivity contribution in [1.82, 2.24) is 14.5 Å². The lowest BCUT2D eigenvalue weighted by molar-refractivity contribution is 0.170. The summed E-state index contributed by atoms with van der Waals surface area (Å²) in [6.45, 7) is 3.16. The Morgan fingerprint density at radius 1 is 1.26 bits per heavy atom. The van der Waals surface area contributed by atoms with Crippen LogP contribution in [-0.2, 0) is 6.42 Å². The number of likely N-dealkylation sites (N-methyl/N-ethyl adjacent to an activating group) is 1. The number of aryl methyl sites for hydroxylation is 1. The molecule has 0 spiro atoms. The monoisotopic (exact) mass is 478 g/mol. The van der Waals surface area contributed by atoms with Crippen LogP contribution in [0.3, 0.4) is 0 Å². The lowest BCUT2D eigenvalue weighted by Gasteiger charge is -2.35. The van der Waals surface area contributed by atoms with Crippen LogP contribution in [0.2, 0.25) is 0 Å². The second kappa shape index (κ2) is 8.95. The third-order valence-corrected chi connectivity index (χ3v) is 6.46. The van der Waals surface area contributed by atoms with Crippen LogP contribution < -0.4 is 25.5 Å². The van der Waals surface area contributed by atoms with Gasteiger partial charge in [-0.3, -0.25) is 19.7 Å². The van der Waals surface area contributed by atoms with Crippen molar-refractivity contribution in [3.05, 3.63) is 73.4 Å². The van der Waals surface area contributed by atoms with Crippen molar-refractivity contribution in [3.63, 3.8) is 0 Å². The molecular formula is C25H26N4O6. The second-order valence-electron chi connectivity index (χ2n) is 8.62. The summed E-state index contributed by atoms with van der Waals surface area (Å²) in [4.78, 5) is 33.8. The predicted molar refractivity (Wildman–Crippen MR) is 130 cm³/mol. The molecule has 0 saturated heterocycles. The quantitative estimate of drug-likeness (QED) is 0.538. The maximum absolute atomic E-state index is 12.5. The summed E-state index contributed by atoms with van der Waals surface area (Å²) in [6.07, 6.45) is 2.13. The highest BCUT2D eigenvalue weighted by atomic mass is 16.7. The molecule has 5 rings (SSSR count). The first-order valence-electron chi connectivity index (χ1n) is 11.2. The number of aromatic nitrogens is 2. The number of H-pyrrole nitrogens is 1. The van der Waals surface area contributed by atoms with E-state index in [-0.39, 0.29) is 18.4 Å². The summed E-state index contributed by atoms with van der Waals surface area (Å²) >= 11 is 0. The number of methoxy groups -OCH3 is 1. The molecule has 2 aliphatic heterocycles. The van der Waals surface area contributed by atoms with E-state index < -0.39 is 17.1 Å². The Balaban J connectivity index is 1.50. The minimum absolute atomic E-state index is 0.0958. The zero-order valence-electron chi connectivity index (χ0n) is 19.7. The molecule has 0 bridgehead atoms. The molecule has 182 valence electrons. The summed E-state index contributed by atoms with van der Waals surface area (Å²) in [5.74, 6) is 1.40. The number of rotatable bonds is 5. The van der Waals surface area contributed by atoms with Crippen molar-refractivity contribution < 1.29 is 19.3 Å². The summed E-state index contributed by atoms with van der Waals surface area (Å²) in [5.41, 5.74) is 1.96. The van der Waals surface area contributed by atoms with Crippen LogP contribution >= 0.6 is 0 Å². The Labute approximate surface area is 201 Å². The van der Waals surface area contributed by atoms with Crippen molar-refractivity contribution in [2.45, 2.75) is 19.4 Å². The van der Waals surface area contributed by atoms with E-state index in [1.165, 1.54) is 6.21 Å². The van der Waals surface area contributed by atoms with Gasteiger partial charge < -0.3 is 19.3 Å². The number of ether oxygens (including phenoxy) is 3. The molecule has 2 aromatic carbocycles. The fourth-order valence-corrected chi connectivity index (χ4v) is 4.59. The van der Waals surface area contributed by atoms with Crippen molar-refractivity contribution >= 4 is 6.21 Å². The van der Waals surface area contributed by atoms with E-state index in [1.807, 2.05) is 32.2 Å². The lowest BCUT2D eigenvalue weighted by atomic mass is 9.91. The van der Waals surface area contributed by atoms with Gasteiger partial charge in [0, 0.05) is 18.3 Å². The van der Waals surface area contributed by atoms with Crippen LogP contribution in [0.1, 0.15) is 28.3 Å². The predicted octanol–water partition coefficient (Wildman–Crippen LogP) is 1.93. The number of nitrogens with zero attached hydrogens (tertiary/aromatic N) is 3. The average Bonchev–Trinajstić information content (AvgIpc) is 3.30. The smallest absolute Gasteiger partial charge is 0.335 e. The molecule has 3 aromatic rings. The summed E-state index contributed by atoms with van der Waals surface area (Å²) in [5, 5.41) is 10.8. The molecule has 3 heterocycles. The molecule has 0 saturated carbocycles. The van der Waals surface area contributed by atoms with E-state index in [0.717, 1.165) is 34.2 Å². The Morgan fingerprint density at radius 2 is 2.03 bits per heavy atom. The zero-order chi connectivity index (χ0) is 24.7. The standard InChI is InChI=1S/C25H26N4O6/c1-14-4-6-16(7-5-14)29-24(31)17(23(30)27-25(29)32)11-26-12-18-20-15(8-9-28(18)2)10-19-21(22(20)33-3)35-13-34-19/h4-7,10-11,18,31H,8-9,12-13H2,1-3H3,(H,27,30,32)/t18-/m1/s1. The van der Waals surface area contributed by atoms with Gasteiger partial charge in [-0.1, -0.05) is 17.7 Å². The Kier molecular flexibility index (Phi) is 5.81. The Bertz CT molecular complexity index is 1420. The number of hydrogen-bond acceptors (Lipinski definition) is 8. The van der Waals surface area contributed by atoms with Gasteiger partial charge in [-0.15, -0.1) is 0 Å². The van der Waals surface area contributed by atoms with E-state index in [9.17, 15) is 14.7 Å². The summed E-state index contributed by atoms with van der Waals surface area (Å²) in [6, 6.07) is 8.85. The van der Waals surface area contributed by atoms with E-state index in [0.29, 0.717) is 29.5 Å². The van der Waals surface area contributed by atoms with Crippen LogP contribution in [0.25, 0.3) is 5.69 Å². The van der Waals surface area contributed by atoms with E-state index >= 15 is 0 Å². The largest absolute Gasteiger partial charge is 0.493 e. The molecule has 0 radical (unpaired) electrons. The van der Waals surface area contributed by atoms with Crippen LogP contribution in [0.15, 0.2) is 44.9 Å². The molecule has 1 aromatic heterocycles.